The van der Waals surface area contributed by atoms with Gasteiger partial charge in [0.05, 0.1) is 0 Å². The van der Waals surface area contributed by atoms with Crippen molar-refractivity contribution < 1.29 is 18.7 Å². The fraction of sp³-hybridized carbons (Fsp3) is 0.267. The normalized spacial score (nSPS) is 12.3. The molecule has 2 N–H and O–H groups in total. The molecule has 106 valence electrons. The minimum absolute atomic E-state index is 0.0479. The number of rotatable bonds is 5. The second-order valence-electron chi connectivity index (χ2n) is 4.65. The molecule has 0 bridgehead atoms. The topological polar surface area (TPSA) is 62.5 Å². The molecule has 20 heavy (non-hydrogen) atoms. The molecule has 4 nitrogen and oxygen atoms in total. The van der Waals surface area contributed by atoms with Gasteiger partial charge < -0.3 is 14.8 Å². The highest BCUT2D eigenvalue weighted by molar-refractivity contribution is 5.84. The lowest BCUT2D eigenvalue weighted by Gasteiger charge is -2.13. The van der Waals surface area contributed by atoms with Crippen LogP contribution in [0.4, 0.5) is 4.39 Å². The molecule has 0 aliphatic carbocycles. The summed E-state index contributed by atoms with van der Waals surface area (Å²) in [5.41, 5.74) is 1.62. The first-order chi connectivity index (χ1) is 9.47. The Morgan fingerprint density at radius 3 is 2.80 bits per heavy atom. The minimum atomic E-state index is -1.09. The first-order valence-electron chi connectivity index (χ1n) is 6.29. The van der Waals surface area contributed by atoms with Gasteiger partial charge in [0.2, 0.25) is 5.76 Å². The van der Waals surface area contributed by atoms with Crippen LogP contribution >= 0.6 is 0 Å². The molecule has 1 atom stereocenters. The van der Waals surface area contributed by atoms with E-state index in [4.69, 9.17) is 9.52 Å². The van der Waals surface area contributed by atoms with E-state index in [1.807, 2.05) is 13.0 Å². The van der Waals surface area contributed by atoms with Gasteiger partial charge in [-0.25, -0.2) is 9.18 Å². The number of carboxylic acids is 1. The average molecular weight is 277 g/mol. The van der Waals surface area contributed by atoms with Crippen LogP contribution in [0, 0.1) is 12.7 Å². The molecular weight excluding hydrogens is 261 g/mol. The van der Waals surface area contributed by atoms with Gasteiger partial charge in [0.25, 0.3) is 0 Å². The van der Waals surface area contributed by atoms with Crippen molar-refractivity contribution in [3.63, 3.8) is 0 Å². The van der Waals surface area contributed by atoms with E-state index in [1.54, 1.807) is 13.0 Å². The van der Waals surface area contributed by atoms with E-state index >= 15 is 0 Å². The standard InChI is InChI=1S/C15H16FNO3/c1-9(11-4-3-5-13(16)6-11)17-8-12-7-14(15(18)19)20-10(12)2/h3-7,9,17H,8H2,1-2H3,(H,18,19)/t9-/m1/s1. The molecule has 2 aromatic rings. The summed E-state index contributed by atoms with van der Waals surface area (Å²) in [5, 5.41) is 12.1. The molecule has 0 unspecified atom stereocenters. The van der Waals surface area contributed by atoms with Crippen LogP contribution in [0.25, 0.3) is 0 Å². The van der Waals surface area contributed by atoms with Crippen molar-refractivity contribution in [3.05, 3.63) is 58.8 Å². The molecule has 0 amide bonds. The lowest BCUT2D eigenvalue weighted by molar-refractivity contribution is 0.0661. The zero-order valence-electron chi connectivity index (χ0n) is 11.3. The third kappa shape index (κ3) is 3.24. The van der Waals surface area contributed by atoms with Crippen molar-refractivity contribution in [2.24, 2.45) is 0 Å². The maximum absolute atomic E-state index is 13.1. The van der Waals surface area contributed by atoms with E-state index in [0.717, 1.165) is 11.1 Å². The van der Waals surface area contributed by atoms with Gasteiger partial charge in [-0.05, 0) is 37.6 Å². The van der Waals surface area contributed by atoms with Gasteiger partial charge in [-0.15, -0.1) is 0 Å². The van der Waals surface area contributed by atoms with Gasteiger partial charge in [0, 0.05) is 18.2 Å². The van der Waals surface area contributed by atoms with E-state index in [0.29, 0.717) is 12.3 Å². The zero-order valence-corrected chi connectivity index (χ0v) is 11.3. The Morgan fingerprint density at radius 2 is 2.20 bits per heavy atom. The summed E-state index contributed by atoms with van der Waals surface area (Å²) >= 11 is 0. The maximum Gasteiger partial charge on any atom is 0.371 e. The summed E-state index contributed by atoms with van der Waals surface area (Å²) in [4.78, 5) is 10.8. The Hall–Kier alpha value is -2.14. The van der Waals surface area contributed by atoms with E-state index < -0.39 is 5.97 Å². The third-order valence-electron chi connectivity index (χ3n) is 3.18. The lowest BCUT2D eigenvalue weighted by Crippen LogP contribution is -2.18. The minimum Gasteiger partial charge on any atom is -0.475 e. The highest BCUT2D eigenvalue weighted by Crippen LogP contribution is 2.18. The van der Waals surface area contributed by atoms with Crippen molar-refractivity contribution in [2.75, 3.05) is 0 Å². The van der Waals surface area contributed by atoms with Gasteiger partial charge in [0.15, 0.2) is 0 Å². The summed E-state index contributed by atoms with van der Waals surface area (Å²) in [7, 11) is 0. The van der Waals surface area contributed by atoms with Crippen LogP contribution in [-0.4, -0.2) is 11.1 Å². The number of nitrogens with one attached hydrogen (secondary N) is 1. The number of carbonyl (C=O) groups is 1. The molecule has 0 fully saturated rings. The summed E-state index contributed by atoms with van der Waals surface area (Å²) < 4.78 is 18.3. The molecule has 5 heteroatoms. The number of carboxylic acid groups (broad SMARTS) is 1. The number of halogens is 1. The lowest BCUT2D eigenvalue weighted by atomic mass is 10.1. The number of hydrogen-bond acceptors (Lipinski definition) is 3. The number of aryl methyl sites for hydroxylation is 1. The quantitative estimate of drug-likeness (QED) is 0.880. The summed E-state index contributed by atoms with van der Waals surface area (Å²) in [6.45, 7) is 4.10. The molecule has 0 radical (unpaired) electrons. The van der Waals surface area contributed by atoms with Crippen molar-refractivity contribution in [3.8, 4) is 0 Å². The van der Waals surface area contributed by atoms with Crippen molar-refractivity contribution in [2.45, 2.75) is 26.4 Å². The molecule has 0 aliphatic rings. The zero-order chi connectivity index (χ0) is 14.7. The van der Waals surface area contributed by atoms with Crippen molar-refractivity contribution >= 4 is 5.97 Å². The van der Waals surface area contributed by atoms with Gasteiger partial charge in [0.1, 0.15) is 11.6 Å². The monoisotopic (exact) mass is 277 g/mol. The van der Waals surface area contributed by atoms with Crippen molar-refractivity contribution in [1.82, 2.24) is 5.32 Å². The first-order valence-corrected chi connectivity index (χ1v) is 6.29. The SMILES string of the molecule is Cc1oc(C(=O)O)cc1CN[C@H](C)c1cccc(F)c1. The smallest absolute Gasteiger partial charge is 0.371 e. The second kappa shape index (κ2) is 5.88. The molecule has 1 aromatic heterocycles. The predicted octanol–water partition coefficient (Wildman–Crippen LogP) is 3.28. The number of furan rings is 1. The Balaban J connectivity index is 2.03. The Labute approximate surface area is 116 Å². The van der Waals surface area contributed by atoms with Gasteiger partial charge in [-0.1, -0.05) is 12.1 Å². The van der Waals surface area contributed by atoms with E-state index in [1.165, 1.54) is 18.2 Å². The van der Waals surface area contributed by atoms with E-state index in [9.17, 15) is 9.18 Å². The molecule has 1 heterocycles. The van der Waals surface area contributed by atoms with Crippen LogP contribution in [0.2, 0.25) is 0 Å². The largest absolute Gasteiger partial charge is 0.475 e. The molecule has 2 rings (SSSR count). The first kappa shape index (κ1) is 14.3. The summed E-state index contributed by atoms with van der Waals surface area (Å²) in [5.74, 6) is -0.861. The number of hydrogen-bond donors (Lipinski definition) is 2. The van der Waals surface area contributed by atoms with E-state index in [-0.39, 0.29) is 17.6 Å². The van der Waals surface area contributed by atoms with Crippen LogP contribution in [0.3, 0.4) is 0 Å². The Morgan fingerprint density at radius 1 is 1.45 bits per heavy atom. The van der Waals surface area contributed by atoms with Crippen LogP contribution in [-0.2, 0) is 6.54 Å². The molecular formula is C15H16FNO3. The fourth-order valence-electron chi connectivity index (χ4n) is 1.96. The Kier molecular flexibility index (Phi) is 4.20. The van der Waals surface area contributed by atoms with Crippen LogP contribution < -0.4 is 5.32 Å². The number of aromatic carboxylic acids is 1. The second-order valence-corrected chi connectivity index (χ2v) is 4.65. The molecule has 1 aromatic carbocycles. The van der Waals surface area contributed by atoms with Gasteiger partial charge >= 0.3 is 5.97 Å². The van der Waals surface area contributed by atoms with Gasteiger partial charge in [-0.3, -0.25) is 0 Å². The maximum atomic E-state index is 13.1. The predicted molar refractivity (Wildman–Crippen MR) is 72.1 cm³/mol. The molecule has 0 saturated heterocycles. The Bertz CT molecular complexity index is 621. The summed E-state index contributed by atoms with van der Waals surface area (Å²) in [6.07, 6.45) is 0. The van der Waals surface area contributed by atoms with Gasteiger partial charge in [-0.2, -0.15) is 0 Å². The molecule has 0 aliphatic heterocycles. The number of benzene rings is 1. The summed E-state index contributed by atoms with van der Waals surface area (Å²) in [6, 6.07) is 7.83. The highest BCUT2D eigenvalue weighted by atomic mass is 19.1. The fourth-order valence-corrected chi connectivity index (χ4v) is 1.96. The third-order valence-corrected chi connectivity index (χ3v) is 3.18. The molecule has 0 spiro atoms. The highest BCUT2D eigenvalue weighted by Gasteiger charge is 2.14. The average Bonchev–Trinajstić information content (AvgIpc) is 2.77. The van der Waals surface area contributed by atoms with Crippen LogP contribution in [0.15, 0.2) is 34.7 Å². The van der Waals surface area contributed by atoms with Crippen molar-refractivity contribution in [1.29, 1.82) is 0 Å². The van der Waals surface area contributed by atoms with Crippen LogP contribution in [0.5, 0.6) is 0 Å². The van der Waals surface area contributed by atoms with Crippen LogP contribution in [0.1, 0.15) is 40.4 Å². The molecule has 0 saturated carbocycles. The van der Waals surface area contributed by atoms with E-state index in [2.05, 4.69) is 5.32 Å².